The third-order valence-electron chi connectivity index (χ3n) is 5.63. The van der Waals surface area contributed by atoms with Gasteiger partial charge in [0.15, 0.2) is 0 Å². The second kappa shape index (κ2) is 6.51. The van der Waals surface area contributed by atoms with Crippen molar-refractivity contribution in [3.8, 4) is 0 Å². The van der Waals surface area contributed by atoms with Crippen LogP contribution in [-0.2, 0) is 0 Å². The van der Waals surface area contributed by atoms with Crippen LogP contribution in [0.25, 0.3) is 0 Å². The van der Waals surface area contributed by atoms with Crippen LogP contribution in [0.15, 0.2) is 12.3 Å². The molecule has 2 aliphatic rings. The van der Waals surface area contributed by atoms with E-state index in [1.165, 1.54) is 0 Å². The van der Waals surface area contributed by atoms with Gasteiger partial charge in [0.05, 0.1) is 17.8 Å². The Kier molecular flexibility index (Phi) is 4.62. The largest absolute Gasteiger partial charge is 0.389 e. The number of piperidine rings is 1. The second-order valence-corrected chi connectivity index (χ2v) is 7.09. The fourth-order valence-electron chi connectivity index (χ4n) is 3.88. The third-order valence-corrected chi connectivity index (χ3v) is 5.63. The number of fused-ring (bicyclic) bond motifs is 1. The highest BCUT2D eigenvalue weighted by molar-refractivity contribution is 5.88. The lowest BCUT2D eigenvalue weighted by molar-refractivity contribution is -0.0863. The molecule has 2 N–H and O–H groups in total. The van der Waals surface area contributed by atoms with Crippen molar-refractivity contribution in [2.24, 2.45) is 5.92 Å². The molecule has 3 atom stereocenters. The molecule has 3 rings (SSSR count). The Morgan fingerprint density at radius 3 is 3.13 bits per heavy atom. The van der Waals surface area contributed by atoms with Gasteiger partial charge in [-0.25, -0.2) is 9.48 Å². The monoisotopic (exact) mass is 320 g/mol. The minimum Gasteiger partial charge on any atom is -0.389 e. The maximum absolute atomic E-state index is 12.6. The molecule has 23 heavy (non-hydrogen) atoms. The van der Waals surface area contributed by atoms with E-state index in [0.29, 0.717) is 19.5 Å². The van der Waals surface area contributed by atoms with Crippen LogP contribution in [0.5, 0.6) is 0 Å². The van der Waals surface area contributed by atoms with Crippen molar-refractivity contribution < 1.29 is 9.90 Å². The Bertz CT molecular complexity index is 559. The van der Waals surface area contributed by atoms with Crippen molar-refractivity contribution in [1.29, 1.82) is 0 Å². The first-order valence-corrected chi connectivity index (χ1v) is 8.85. The van der Waals surface area contributed by atoms with Crippen molar-refractivity contribution in [3.05, 3.63) is 12.3 Å². The summed E-state index contributed by atoms with van der Waals surface area (Å²) < 4.78 is 1.86. The van der Waals surface area contributed by atoms with Crippen LogP contribution in [0, 0.1) is 5.92 Å². The number of carbonyl (C=O) groups is 1. The molecule has 1 aromatic heterocycles. The molecule has 6 nitrogen and oxygen atoms in total. The first-order valence-electron chi connectivity index (χ1n) is 8.85. The number of nitrogens with one attached hydrogen (secondary N) is 1. The van der Waals surface area contributed by atoms with Crippen LogP contribution >= 0.6 is 0 Å². The van der Waals surface area contributed by atoms with Crippen molar-refractivity contribution in [2.75, 3.05) is 18.4 Å². The van der Waals surface area contributed by atoms with Gasteiger partial charge < -0.3 is 10.0 Å². The molecule has 0 bridgehead atoms. The Morgan fingerprint density at radius 1 is 1.52 bits per heavy atom. The van der Waals surface area contributed by atoms with E-state index in [9.17, 15) is 9.90 Å². The second-order valence-electron chi connectivity index (χ2n) is 7.09. The topological polar surface area (TPSA) is 70.4 Å². The van der Waals surface area contributed by atoms with Gasteiger partial charge in [-0.1, -0.05) is 19.8 Å². The fourth-order valence-corrected chi connectivity index (χ4v) is 3.88. The average Bonchev–Trinajstić information content (AvgIpc) is 3.01. The van der Waals surface area contributed by atoms with Gasteiger partial charge in [-0.3, -0.25) is 5.32 Å². The summed E-state index contributed by atoms with van der Waals surface area (Å²) in [5, 5.41) is 18.0. The third kappa shape index (κ3) is 3.22. The molecule has 1 saturated heterocycles. The van der Waals surface area contributed by atoms with Crippen LogP contribution in [0.4, 0.5) is 10.6 Å². The maximum atomic E-state index is 12.6. The summed E-state index contributed by atoms with van der Waals surface area (Å²) in [6.07, 6.45) is 7.53. The zero-order valence-electron chi connectivity index (χ0n) is 14.2. The van der Waals surface area contributed by atoms with Crippen molar-refractivity contribution in [2.45, 2.75) is 64.0 Å². The summed E-state index contributed by atoms with van der Waals surface area (Å²) >= 11 is 0. The highest BCUT2D eigenvalue weighted by Crippen LogP contribution is 2.39. The molecule has 0 aromatic carbocycles. The molecule has 0 radical (unpaired) electrons. The van der Waals surface area contributed by atoms with Gasteiger partial charge in [0.1, 0.15) is 5.82 Å². The fraction of sp³-hybridized carbons (Fsp3) is 0.765. The lowest BCUT2D eigenvalue weighted by Gasteiger charge is -2.47. The number of urea groups is 1. The highest BCUT2D eigenvalue weighted by atomic mass is 16.3. The van der Waals surface area contributed by atoms with Gasteiger partial charge in [-0.05, 0) is 32.6 Å². The van der Waals surface area contributed by atoms with Crippen LogP contribution < -0.4 is 5.32 Å². The van der Waals surface area contributed by atoms with E-state index in [-0.39, 0.29) is 18.0 Å². The Balaban J connectivity index is 1.64. The molecule has 2 heterocycles. The molecule has 1 saturated carbocycles. The first-order chi connectivity index (χ1) is 11.0. The van der Waals surface area contributed by atoms with Gasteiger partial charge in [0.25, 0.3) is 0 Å². The number of rotatable bonds is 3. The van der Waals surface area contributed by atoms with Gasteiger partial charge in [0, 0.05) is 25.1 Å². The SMILES string of the molecule is CCC(C)n1nccc1NC(=O)N1CCC2(O)CCCCC2C1. The molecular weight excluding hydrogens is 292 g/mol. The van der Waals surface area contributed by atoms with Gasteiger partial charge >= 0.3 is 6.03 Å². The standard InChI is InChI=1S/C17H28N4O2/c1-3-13(2)21-15(7-10-18-21)19-16(22)20-11-9-17(23)8-5-4-6-14(17)12-20/h7,10,13-14,23H,3-6,8-9,11-12H2,1-2H3,(H,19,22). The summed E-state index contributed by atoms with van der Waals surface area (Å²) in [7, 11) is 0. The number of carbonyl (C=O) groups excluding carboxylic acids is 1. The molecule has 6 heteroatoms. The van der Waals surface area contributed by atoms with Crippen LogP contribution in [0.2, 0.25) is 0 Å². The molecule has 3 unspecified atom stereocenters. The first kappa shape index (κ1) is 16.3. The van der Waals surface area contributed by atoms with E-state index in [4.69, 9.17) is 0 Å². The molecule has 0 spiro atoms. The minimum atomic E-state index is -0.548. The van der Waals surface area contributed by atoms with Gasteiger partial charge in [-0.2, -0.15) is 5.10 Å². The average molecular weight is 320 g/mol. The van der Waals surface area contributed by atoms with Gasteiger partial charge in [0.2, 0.25) is 0 Å². The Hall–Kier alpha value is -1.56. The van der Waals surface area contributed by atoms with Crippen molar-refractivity contribution >= 4 is 11.8 Å². The normalized spacial score (nSPS) is 29.0. The molecule has 1 aliphatic carbocycles. The quantitative estimate of drug-likeness (QED) is 0.899. The maximum Gasteiger partial charge on any atom is 0.323 e. The number of hydrogen-bond acceptors (Lipinski definition) is 3. The Morgan fingerprint density at radius 2 is 2.35 bits per heavy atom. The minimum absolute atomic E-state index is 0.0809. The molecular formula is C17H28N4O2. The van der Waals surface area contributed by atoms with Crippen molar-refractivity contribution in [3.63, 3.8) is 0 Å². The number of hydrogen-bond donors (Lipinski definition) is 2. The van der Waals surface area contributed by atoms with E-state index in [1.54, 1.807) is 6.20 Å². The smallest absolute Gasteiger partial charge is 0.323 e. The molecule has 2 amide bonds. The van der Waals surface area contributed by atoms with E-state index in [0.717, 1.165) is 37.9 Å². The number of aliphatic hydroxyl groups is 1. The number of nitrogens with zero attached hydrogens (tertiary/aromatic N) is 3. The number of anilines is 1. The lowest BCUT2D eigenvalue weighted by atomic mass is 9.71. The number of aromatic nitrogens is 2. The summed E-state index contributed by atoms with van der Waals surface area (Å²) in [5.41, 5.74) is -0.548. The van der Waals surface area contributed by atoms with E-state index >= 15 is 0 Å². The van der Waals surface area contributed by atoms with E-state index < -0.39 is 5.60 Å². The number of amides is 2. The summed E-state index contributed by atoms with van der Waals surface area (Å²) in [6.45, 7) is 5.47. The van der Waals surface area contributed by atoms with Crippen LogP contribution in [0.3, 0.4) is 0 Å². The zero-order valence-corrected chi connectivity index (χ0v) is 14.2. The predicted octanol–water partition coefficient (Wildman–Crippen LogP) is 3.01. The predicted molar refractivity (Wildman–Crippen MR) is 89.3 cm³/mol. The Labute approximate surface area is 137 Å². The number of likely N-dealkylation sites (tertiary alicyclic amines) is 1. The van der Waals surface area contributed by atoms with E-state index in [1.807, 2.05) is 15.6 Å². The molecule has 1 aliphatic heterocycles. The molecule has 128 valence electrons. The summed E-state index contributed by atoms with van der Waals surface area (Å²) in [4.78, 5) is 14.4. The van der Waals surface area contributed by atoms with E-state index in [2.05, 4.69) is 24.3 Å². The summed E-state index contributed by atoms with van der Waals surface area (Å²) in [6, 6.07) is 2.01. The zero-order chi connectivity index (χ0) is 16.4. The summed E-state index contributed by atoms with van der Waals surface area (Å²) in [5.74, 6) is 0.962. The molecule has 2 fully saturated rings. The highest BCUT2D eigenvalue weighted by Gasteiger charge is 2.43. The van der Waals surface area contributed by atoms with Gasteiger partial charge in [-0.15, -0.1) is 0 Å². The van der Waals surface area contributed by atoms with Crippen molar-refractivity contribution in [1.82, 2.24) is 14.7 Å². The van der Waals surface area contributed by atoms with Crippen LogP contribution in [-0.4, -0.2) is 44.5 Å². The lowest BCUT2D eigenvalue weighted by Crippen LogP contribution is -2.55. The molecule has 1 aromatic rings. The van der Waals surface area contributed by atoms with Crippen LogP contribution in [0.1, 0.15) is 58.4 Å².